The standard InChI is InChI=1S/C15H20N2O2/c18-15(19)10-2-1-3-12-13(10)17-14(16-12)11-7-8-4-5-9(11)6-8/h8-11H,1-7H2,(H,16,17)(H,18,19). The first-order valence-electron chi connectivity index (χ1n) is 7.54. The second-order valence-corrected chi connectivity index (χ2v) is 6.55. The molecule has 2 bridgehead atoms. The second kappa shape index (κ2) is 4.09. The van der Waals surface area contributed by atoms with Crippen LogP contribution in [-0.2, 0) is 11.2 Å². The highest BCUT2D eigenvalue weighted by Gasteiger charge is 2.42. The van der Waals surface area contributed by atoms with Crippen molar-refractivity contribution in [3.63, 3.8) is 0 Å². The van der Waals surface area contributed by atoms with E-state index in [1.165, 1.54) is 25.7 Å². The van der Waals surface area contributed by atoms with Crippen LogP contribution in [0.5, 0.6) is 0 Å². The van der Waals surface area contributed by atoms with Crippen LogP contribution in [0.15, 0.2) is 0 Å². The fourth-order valence-corrected chi connectivity index (χ4v) is 4.54. The Kier molecular flexibility index (Phi) is 2.47. The van der Waals surface area contributed by atoms with Crippen molar-refractivity contribution in [2.45, 2.75) is 56.8 Å². The zero-order valence-corrected chi connectivity index (χ0v) is 11.1. The Morgan fingerprint density at radius 3 is 2.84 bits per heavy atom. The van der Waals surface area contributed by atoms with E-state index in [1.54, 1.807) is 0 Å². The van der Waals surface area contributed by atoms with Crippen molar-refractivity contribution in [1.29, 1.82) is 0 Å². The van der Waals surface area contributed by atoms with Gasteiger partial charge in [-0.2, -0.15) is 0 Å². The molecule has 1 aromatic heterocycles. The number of hydrogen-bond acceptors (Lipinski definition) is 2. The first-order chi connectivity index (χ1) is 9.22. The molecule has 19 heavy (non-hydrogen) atoms. The van der Waals surface area contributed by atoms with Gasteiger partial charge in [-0.25, -0.2) is 4.98 Å². The lowest BCUT2D eigenvalue weighted by atomic mass is 9.88. The number of rotatable bonds is 2. The van der Waals surface area contributed by atoms with Crippen LogP contribution in [0.3, 0.4) is 0 Å². The van der Waals surface area contributed by atoms with Crippen molar-refractivity contribution in [3.05, 3.63) is 17.2 Å². The van der Waals surface area contributed by atoms with Crippen molar-refractivity contribution >= 4 is 5.97 Å². The molecule has 1 heterocycles. The number of nitrogens with one attached hydrogen (secondary N) is 1. The van der Waals surface area contributed by atoms with Crippen LogP contribution in [0.1, 0.15) is 67.6 Å². The maximum atomic E-state index is 11.3. The van der Waals surface area contributed by atoms with Gasteiger partial charge in [-0.15, -0.1) is 0 Å². The Labute approximate surface area is 112 Å². The highest BCUT2D eigenvalue weighted by molar-refractivity contribution is 5.76. The number of aryl methyl sites for hydroxylation is 1. The number of carboxylic acid groups (broad SMARTS) is 1. The predicted molar refractivity (Wildman–Crippen MR) is 70.1 cm³/mol. The molecule has 0 radical (unpaired) electrons. The number of hydrogen-bond donors (Lipinski definition) is 2. The third-order valence-electron chi connectivity index (χ3n) is 5.47. The fourth-order valence-electron chi connectivity index (χ4n) is 4.54. The van der Waals surface area contributed by atoms with Crippen LogP contribution in [0, 0.1) is 11.8 Å². The normalized spacial score (nSPS) is 36.4. The van der Waals surface area contributed by atoms with Crippen LogP contribution in [0.4, 0.5) is 0 Å². The number of carbonyl (C=O) groups is 1. The summed E-state index contributed by atoms with van der Waals surface area (Å²) in [7, 11) is 0. The van der Waals surface area contributed by atoms with E-state index < -0.39 is 5.97 Å². The number of aliphatic carboxylic acids is 1. The summed E-state index contributed by atoms with van der Waals surface area (Å²) >= 11 is 0. The molecular weight excluding hydrogens is 240 g/mol. The molecule has 2 saturated carbocycles. The molecule has 4 unspecified atom stereocenters. The molecule has 0 aromatic carbocycles. The number of aromatic amines is 1. The number of H-pyrrole nitrogens is 1. The van der Waals surface area contributed by atoms with Gasteiger partial charge in [0.15, 0.2) is 0 Å². The lowest BCUT2D eigenvalue weighted by molar-refractivity contribution is -0.139. The SMILES string of the molecule is O=C(O)C1CCCc2[nH]c(C3CC4CCC3C4)nc21. The maximum absolute atomic E-state index is 11.3. The highest BCUT2D eigenvalue weighted by atomic mass is 16.4. The van der Waals surface area contributed by atoms with Gasteiger partial charge in [-0.3, -0.25) is 4.79 Å². The summed E-state index contributed by atoms with van der Waals surface area (Å²) < 4.78 is 0. The minimum Gasteiger partial charge on any atom is -0.481 e. The maximum Gasteiger partial charge on any atom is 0.312 e. The Morgan fingerprint density at radius 1 is 1.26 bits per heavy atom. The molecule has 4 heteroatoms. The van der Waals surface area contributed by atoms with E-state index >= 15 is 0 Å². The second-order valence-electron chi connectivity index (χ2n) is 6.55. The summed E-state index contributed by atoms with van der Waals surface area (Å²) in [5.74, 6) is 2.25. The summed E-state index contributed by atoms with van der Waals surface area (Å²) in [6.45, 7) is 0. The fraction of sp³-hybridized carbons (Fsp3) is 0.733. The van der Waals surface area contributed by atoms with Gasteiger partial charge >= 0.3 is 5.97 Å². The Balaban J connectivity index is 1.66. The summed E-state index contributed by atoms with van der Waals surface area (Å²) in [5.41, 5.74) is 1.92. The van der Waals surface area contributed by atoms with E-state index in [9.17, 15) is 9.90 Å². The minimum atomic E-state index is -0.716. The van der Waals surface area contributed by atoms with Gasteiger partial charge in [0.05, 0.1) is 5.69 Å². The average Bonchev–Trinajstić information content (AvgIpc) is 3.11. The first-order valence-corrected chi connectivity index (χ1v) is 7.54. The van der Waals surface area contributed by atoms with Gasteiger partial charge in [0, 0.05) is 11.6 Å². The van der Waals surface area contributed by atoms with Crippen LogP contribution < -0.4 is 0 Å². The van der Waals surface area contributed by atoms with Crippen LogP contribution >= 0.6 is 0 Å². The first kappa shape index (κ1) is 11.5. The molecule has 4 rings (SSSR count). The van der Waals surface area contributed by atoms with Crippen molar-refractivity contribution in [3.8, 4) is 0 Å². The van der Waals surface area contributed by atoms with Crippen LogP contribution in [0.2, 0.25) is 0 Å². The van der Waals surface area contributed by atoms with E-state index in [-0.39, 0.29) is 5.92 Å². The zero-order chi connectivity index (χ0) is 13.0. The lowest BCUT2D eigenvalue weighted by Crippen LogP contribution is -2.18. The lowest BCUT2D eigenvalue weighted by Gasteiger charge is -2.19. The quantitative estimate of drug-likeness (QED) is 0.859. The molecule has 0 spiro atoms. The van der Waals surface area contributed by atoms with Crippen molar-refractivity contribution in [2.24, 2.45) is 11.8 Å². The molecular formula is C15H20N2O2. The predicted octanol–water partition coefficient (Wildman–Crippen LogP) is 2.82. The molecule has 0 amide bonds. The molecule has 1 aromatic rings. The van der Waals surface area contributed by atoms with E-state index in [2.05, 4.69) is 4.98 Å². The molecule has 0 aliphatic heterocycles. The topological polar surface area (TPSA) is 66.0 Å². The molecule has 2 N–H and O–H groups in total. The molecule has 3 aliphatic carbocycles. The number of aromatic nitrogens is 2. The van der Waals surface area contributed by atoms with E-state index in [0.717, 1.165) is 48.3 Å². The van der Waals surface area contributed by atoms with Gasteiger partial charge in [0.1, 0.15) is 11.7 Å². The summed E-state index contributed by atoms with van der Waals surface area (Å²) in [5, 5.41) is 9.31. The molecule has 3 aliphatic rings. The van der Waals surface area contributed by atoms with Gasteiger partial charge in [-0.05, 0) is 50.4 Å². The average molecular weight is 260 g/mol. The summed E-state index contributed by atoms with van der Waals surface area (Å²) in [4.78, 5) is 19.5. The molecule has 4 nitrogen and oxygen atoms in total. The van der Waals surface area contributed by atoms with Gasteiger partial charge in [0.2, 0.25) is 0 Å². The van der Waals surface area contributed by atoms with E-state index in [0.29, 0.717) is 5.92 Å². The number of fused-ring (bicyclic) bond motifs is 3. The van der Waals surface area contributed by atoms with Crippen molar-refractivity contribution in [1.82, 2.24) is 9.97 Å². The highest BCUT2D eigenvalue weighted by Crippen LogP contribution is 2.52. The van der Waals surface area contributed by atoms with Crippen LogP contribution in [0.25, 0.3) is 0 Å². The Hall–Kier alpha value is -1.32. The third kappa shape index (κ3) is 1.72. The van der Waals surface area contributed by atoms with E-state index in [1.807, 2.05) is 0 Å². The van der Waals surface area contributed by atoms with Gasteiger partial charge in [-0.1, -0.05) is 6.42 Å². The van der Waals surface area contributed by atoms with E-state index in [4.69, 9.17) is 4.98 Å². The van der Waals surface area contributed by atoms with Gasteiger partial charge in [0.25, 0.3) is 0 Å². The monoisotopic (exact) mass is 260 g/mol. The molecule has 2 fully saturated rings. The zero-order valence-electron chi connectivity index (χ0n) is 11.1. The van der Waals surface area contributed by atoms with Crippen LogP contribution in [-0.4, -0.2) is 21.0 Å². The van der Waals surface area contributed by atoms with Crippen molar-refractivity contribution < 1.29 is 9.90 Å². The number of nitrogens with zero attached hydrogens (tertiary/aromatic N) is 1. The largest absolute Gasteiger partial charge is 0.481 e. The Morgan fingerprint density at radius 2 is 2.16 bits per heavy atom. The number of carboxylic acids is 1. The summed E-state index contributed by atoms with van der Waals surface area (Å²) in [6, 6.07) is 0. The minimum absolute atomic E-state index is 0.382. The van der Waals surface area contributed by atoms with Gasteiger partial charge < -0.3 is 10.1 Å². The summed E-state index contributed by atoms with van der Waals surface area (Å²) in [6.07, 6.45) is 8.01. The number of imidazole rings is 1. The molecule has 4 atom stereocenters. The molecule has 102 valence electrons. The van der Waals surface area contributed by atoms with Crippen molar-refractivity contribution in [2.75, 3.05) is 0 Å². The third-order valence-corrected chi connectivity index (χ3v) is 5.47. The molecule has 0 saturated heterocycles. The smallest absolute Gasteiger partial charge is 0.312 e. The Bertz CT molecular complexity index is 522.